The molecule has 3 heteroatoms. The zero-order chi connectivity index (χ0) is 12.4. The van der Waals surface area contributed by atoms with Crippen LogP contribution in [0.2, 0.25) is 0 Å². The smallest absolute Gasteiger partial charge is 0.222 e. The Morgan fingerprint density at radius 3 is 2.25 bits per heavy atom. The predicted octanol–water partition coefficient (Wildman–Crippen LogP) is 2.74. The van der Waals surface area contributed by atoms with Crippen molar-refractivity contribution in [1.29, 1.82) is 0 Å². The Kier molecular flexibility index (Phi) is 9.30. The third kappa shape index (κ3) is 9.97. The number of hydrogen-bond acceptors (Lipinski definition) is 2. The van der Waals surface area contributed by atoms with Gasteiger partial charge in [-0.3, -0.25) is 4.79 Å². The molecule has 96 valence electrons. The normalized spacial score (nSPS) is 11.1. The van der Waals surface area contributed by atoms with Crippen molar-refractivity contribution in [1.82, 2.24) is 5.32 Å². The summed E-state index contributed by atoms with van der Waals surface area (Å²) in [7, 11) is 0. The fourth-order valence-electron chi connectivity index (χ4n) is 1.32. The van der Waals surface area contributed by atoms with Crippen LogP contribution in [0.4, 0.5) is 0 Å². The summed E-state index contributed by atoms with van der Waals surface area (Å²) in [6.07, 6.45) is 4.88. The molecule has 0 saturated heterocycles. The van der Waals surface area contributed by atoms with Gasteiger partial charge in [-0.2, -0.15) is 0 Å². The lowest BCUT2D eigenvalue weighted by Gasteiger charge is -2.08. The lowest BCUT2D eigenvalue weighted by Crippen LogP contribution is -2.28. The SMILES string of the molecule is CC(C)OCCCCCCNC(=O)C(C)C. The second-order valence-corrected chi connectivity index (χ2v) is 4.78. The second kappa shape index (κ2) is 9.64. The molecule has 0 bridgehead atoms. The lowest BCUT2D eigenvalue weighted by atomic mass is 10.2. The van der Waals surface area contributed by atoms with Crippen molar-refractivity contribution < 1.29 is 9.53 Å². The van der Waals surface area contributed by atoms with Gasteiger partial charge in [-0.05, 0) is 26.7 Å². The highest BCUT2D eigenvalue weighted by atomic mass is 16.5. The zero-order valence-electron chi connectivity index (χ0n) is 11.2. The van der Waals surface area contributed by atoms with E-state index in [1.54, 1.807) is 0 Å². The Balaban J connectivity index is 3.13. The summed E-state index contributed by atoms with van der Waals surface area (Å²) in [6.45, 7) is 9.61. The van der Waals surface area contributed by atoms with Crippen molar-refractivity contribution in [3.8, 4) is 0 Å². The van der Waals surface area contributed by atoms with E-state index >= 15 is 0 Å². The molecule has 0 rings (SSSR count). The van der Waals surface area contributed by atoms with Gasteiger partial charge in [0.25, 0.3) is 0 Å². The first kappa shape index (κ1) is 15.4. The average molecular weight is 229 g/mol. The summed E-state index contributed by atoms with van der Waals surface area (Å²) in [5.41, 5.74) is 0. The molecule has 0 aliphatic rings. The number of carbonyl (C=O) groups excluding carboxylic acids is 1. The molecule has 0 spiro atoms. The van der Waals surface area contributed by atoms with Crippen LogP contribution in [0.5, 0.6) is 0 Å². The molecule has 1 N–H and O–H groups in total. The molecule has 0 aliphatic heterocycles. The molecule has 0 aromatic heterocycles. The van der Waals surface area contributed by atoms with Gasteiger partial charge >= 0.3 is 0 Å². The van der Waals surface area contributed by atoms with E-state index in [-0.39, 0.29) is 11.8 Å². The van der Waals surface area contributed by atoms with Crippen LogP contribution in [0, 0.1) is 5.92 Å². The minimum atomic E-state index is 0.0967. The maximum absolute atomic E-state index is 11.2. The first-order valence-electron chi connectivity index (χ1n) is 6.43. The lowest BCUT2D eigenvalue weighted by molar-refractivity contribution is -0.123. The number of hydrogen-bond donors (Lipinski definition) is 1. The van der Waals surface area contributed by atoms with Crippen molar-refractivity contribution in [3.63, 3.8) is 0 Å². The topological polar surface area (TPSA) is 38.3 Å². The predicted molar refractivity (Wildman–Crippen MR) is 67.4 cm³/mol. The van der Waals surface area contributed by atoms with Crippen LogP contribution in [0.15, 0.2) is 0 Å². The summed E-state index contributed by atoms with van der Waals surface area (Å²) in [5, 5.41) is 2.92. The van der Waals surface area contributed by atoms with Gasteiger partial charge in [0.15, 0.2) is 0 Å². The zero-order valence-corrected chi connectivity index (χ0v) is 11.2. The fourth-order valence-corrected chi connectivity index (χ4v) is 1.32. The maximum atomic E-state index is 11.2. The third-order valence-electron chi connectivity index (χ3n) is 2.35. The standard InChI is InChI=1S/C13H27NO2/c1-11(2)13(15)14-9-7-5-6-8-10-16-12(3)4/h11-12H,5-10H2,1-4H3,(H,14,15). The van der Waals surface area contributed by atoms with E-state index in [0.717, 1.165) is 26.0 Å². The second-order valence-electron chi connectivity index (χ2n) is 4.78. The number of carbonyl (C=O) groups is 1. The fraction of sp³-hybridized carbons (Fsp3) is 0.923. The number of ether oxygens (including phenoxy) is 1. The molecule has 0 aromatic rings. The van der Waals surface area contributed by atoms with Gasteiger partial charge < -0.3 is 10.1 Å². The molecule has 0 fully saturated rings. The van der Waals surface area contributed by atoms with Crippen LogP contribution >= 0.6 is 0 Å². The third-order valence-corrected chi connectivity index (χ3v) is 2.35. The molecule has 0 aromatic carbocycles. The highest BCUT2D eigenvalue weighted by molar-refractivity contribution is 5.77. The van der Waals surface area contributed by atoms with Crippen molar-refractivity contribution in [2.45, 2.75) is 59.5 Å². The average Bonchev–Trinajstić information content (AvgIpc) is 2.21. The Hall–Kier alpha value is -0.570. The molecule has 0 radical (unpaired) electrons. The molecule has 0 unspecified atom stereocenters. The van der Waals surface area contributed by atoms with E-state index in [1.165, 1.54) is 12.8 Å². The minimum Gasteiger partial charge on any atom is -0.379 e. The van der Waals surface area contributed by atoms with Crippen molar-refractivity contribution >= 4 is 5.91 Å². The molecule has 0 atom stereocenters. The largest absolute Gasteiger partial charge is 0.379 e. The van der Waals surface area contributed by atoms with Gasteiger partial charge in [-0.25, -0.2) is 0 Å². The summed E-state index contributed by atoms with van der Waals surface area (Å²) >= 11 is 0. The van der Waals surface area contributed by atoms with Gasteiger partial charge in [0.1, 0.15) is 0 Å². The molecular formula is C13H27NO2. The number of amides is 1. The quantitative estimate of drug-likeness (QED) is 0.617. The Morgan fingerprint density at radius 2 is 1.69 bits per heavy atom. The van der Waals surface area contributed by atoms with E-state index in [0.29, 0.717) is 6.10 Å². The Morgan fingerprint density at radius 1 is 1.06 bits per heavy atom. The van der Waals surface area contributed by atoms with E-state index in [2.05, 4.69) is 19.2 Å². The highest BCUT2D eigenvalue weighted by Crippen LogP contribution is 2.01. The Labute approximate surface area is 99.9 Å². The van der Waals surface area contributed by atoms with Gasteiger partial charge in [0.05, 0.1) is 6.10 Å². The maximum Gasteiger partial charge on any atom is 0.222 e. The first-order chi connectivity index (χ1) is 7.54. The van der Waals surface area contributed by atoms with Gasteiger partial charge in [0.2, 0.25) is 5.91 Å². The molecule has 0 saturated carbocycles. The van der Waals surface area contributed by atoms with E-state index in [4.69, 9.17) is 4.74 Å². The van der Waals surface area contributed by atoms with Crippen LogP contribution in [0.3, 0.4) is 0 Å². The van der Waals surface area contributed by atoms with Gasteiger partial charge in [-0.15, -0.1) is 0 Å². The molecule has 16 heavy (non-hydrogen) atoms. The van der Waals surface area contributed by atoms with Crippen LogP contribution in [0.25, 0.3) is 0 Å². The van der Waals surface area contributed by atoms with E-state index < -0.39 is 0 Å². The summed E-state index contributed by atoms with van der Waals surface area (Å²) in [6, 6.07) is 0. The Bertz CT molecular complexity index is 179. The van der Waals surface area contributed by atoms with Crippen LogP contribution in [0.1, 0.15) is 53.4 Å². The molecule has 0 heterocycles. The molecule has 0 aliphatic carbocycles. The minimum absolute atomic E-state index is 0.0967. The van der Waals surface area contributed by atoms with Crippen LogP contribution in [-0.2, 0) is 9.53 Å². The summed E-state index contributed by atoms with van der Waals surface area (Å²) < 4.78 is 5.45. The van der Waals surface area contributed by atoms with Crippen molar-refractivity contribution in [3.05, 3.63) is 0 Å². The summed E-state index contributed by atoms with van der Waals surface area (Å²) in [5.74, 6) is 0.252. The van der Waals surface area contributed by atoms with Crippen molar-refractivity contribution in [2.24, 2.45) is 5.92 Å². The number of unbranched alkanes of at least 4 members (excludes halogenated alkanes) is 3. The number of rotatable bonds is 9. The number of nitrogens with one attached hydrogen (secondary N) is 1. The summed E-state index contributed by atoms with van der Waals surface area (Å²) in [4.78, 5) is 11.2. The monoisotopic (exact) mass is 229 g/mol. The van der Waals surface area contributed by atoms with Crippen molar-refractivity contribution in [2.75, 3.05) is 13.2 Å². The van der Waals surface area contributed by atoms with Crippen LogP contribution < -0.4 is 5.32 Å². The first-order valence-corrected chi connectivity index (χ1v) is 6.43. The molecular weight excluding hydrogens is 202 g/mol. The molecule has 3 nitrogen and oxygen atoms in total. The van der Waals surface area contributed by atoms with Gasteiger partial charge in [-0.1, -0.05) is 26.7 Å². The van der Waals surface area contributed by atoms with E-state index in [9.17, 15) is 4.79 Å². The van der Waals surface area contributed by atoms with E-state index in [1.807, 2.05) is 13.8 Å². The highest BCUT2D eigenvalue weighted by Gasteiger charge is 2.04. The van der Waals surface area contributed by atoms with Crippen LogP contribution in [-0.4, -0.2) is 25.2 Å². The molecule has 1 amide bonds. The van der Waals surface area contributed by atoms with Gasteiger partial charge in [0, 0.05) is 19.1 Å².